The van der Waals surface area contributed by atoms with Crippen molar-refractivity contribution in [2.24, 2.45) is 0 Å². The van der Waals surface area contributed by atoms with Crippen molar-refractivity contribution >= 4 is 6.29 Å². The van der Waals surface area contributed by atoms with E-state index in [0.29, 0.717) is 12.8 Å². The van der Waals surface area contributed by atoms with E-state index in [4.69, 9.17) is 0 Å². The second-order valence-electron chi connectivity index (χ2n) is 4.02. The summed E-state index contributed by atoms with van der Waals surface area (Å²) >= 11 is 0. The van der Waals surface area contributed by atoms with Crippen molar-refractivity contribution in [1.82, 2.24) is 0 Å². The maximum Gasteiger partial charge on any atom is 0.120 e. The standard InChI is InChI=1S/C14H17NO/c1-2-9-14(12-15,10-6-11-16)13-7-4-3-5-8-13/h3-5,7-8,11H,2,6,9-10H2,1H3. The minimum absolute atomic E-state index is 0.447. The molecule has 0 aliphatic heterocycles. The maximum atomic E-state index is 10.5. The first-order chi connectivity index (χ1) is 7.79. The van der Waals surface area contributed by atoms with Crippen LogP contribution in [0.15, 0.2) is 30.3 Å². The Hall–Kier alpha value is -1.62. The fraction of sp³-hybridized carbons (Fsp3) is 0.429. The summed E-state index contributed by atoms with van der Waals surface area (Å²) in [4.78, 5) is 10.5. The van der Waals surface area contributed by atoms with Crippen LogP contribution >= 0.6 is 0 Å². The van der Waals surface area contributed by atoms with Crippen LogP contribution in [0.5, 0.6) is 0 Å². The fourth-order valence-electron chi connectivity index (χ4n) is 2.08. The molecule has 0 fully saturated rings. The third-order valence-corrected chi connectivity index (χ3v) is 2.91. The molecule has 0 N–H and O–H groups in total. The summed E-state index contributed by atoms with van der Waals surface area (Å²) in [7, 11) is 0. The van der Waals surface area contributed by atoms with Crippen molar-refractivity contribution in [2.75, 3.05) is 0 Å². The van der Waals surface area contributed by atoms with Gasteiger partial charge in [0.1, 0.15) is 6.29 Å². The van der Waals surface area contributed by atoms with Gasteiger partial charge >= 0.3 is 0 Å². The molecule has 1 aromatic rings. The molecule has 0 saturated carbocycles. The molecule has 0 spiro atoms. The number of nitrogens with zero attached hydrogens (tertiary/aromatic N) is 1. The molecule has 2 nitrogen and oxygen atoms in total. The van der Waals surface area contributed by atoms with Crippen LogP contribution in [-0.2, 0) is 10.2 Å². The third kappa shape index (κ3) is 2.70. The number of nitriles is 1. The lowest BCUT2D eigenvalue weighted by Crippen LogP contribution is -2.24. The van der Waals surface area contributed by atoms with E-state index in [1.807, 2.05) is 30.3 Å². The SMILES string of the molecule is CCCC(C#N)(CCC=O)c1ccccc1. The van der Waals surface area contributed by atoms with Gasteiger partial charge in [-0.05, 0) is 18.4 Å². The zero-order chi connectivity index (χ0) is 11.9. The Kier molecular flexibility index (Phi) is 4.72. The van der Waals surface area contributed by atoms with Crippen LogP contribution in [0.2, 0.25) is 0 Å². The smallest absolute Gasteiger partial charge is 0.120 e. The van der Waals surface area contributed by atoms with Gasteiger partial charge in [0.2, 0.25) is 0 Å². The molecule has 0 radical (unpaired) electrons. The molecule has 0 amide bonds. The van der Waals surface area contributed by atoms with Gasteiger partial charge < -0.3 is 4.79 Å². The average molecular weight is 215 g/mol. The largest absolute Gasteiger partial charge is 0.303 e. The van der Waals surface area contributed by atoms with Crippen molar-refractivity contribution in [3.8, 4) is 6.07 Å². The molecule has 0 aliphatic carbocycles. The van der Waals surface area contributed by atoms with Crippen LogP contribution in [0.3, 0.4) is 0 Å². The summed E-state index contributed by atoms with van der Waals surface area (Å²) in [6.07, 6.45) is 3.71. The summed E-state index contributed by atoms with van der Waals surface area (Å²) in [6.45, 7) is 2.07. The minimum atomic E-state index is -0.489. The van der Waals surface area contributed by atoms with E-state index in [0.717, 1.165) is 24.7 Å². The molecule has 1 unspecified atom stereocenters. The molecule has 0 aliphatic rings. The first-order valence-electron chi connectivity index (χ1n) is 5.69. The lowest BCUT2D eigenvalue weighted by molar-refractivity contribution is -0.108. The normalized spacial score (nSPS) is 13.8. The molecule has 0 saturated heterocycles. The van der Waals surface area contributed by atoms with Gasteiger partial charge in [-0.2, -0.15) is 5.26 Å². The third-order valence-electron chi connectivity index (χ3n) is 2.91. The van der Waals surface area contributed by atoms with Gasteiger partial charge in [0.15, 0.2) is 0 Å². The zero-order valence-electron chi connectivity index (χ0n) is 9.65. The molecule has 2 heteroatoms. The Bertz CT molecular complexity index is 366. The second kappa shape index (κ2) is 6.07. The quantitative estimate of drug-likeness (QED) is 0.683. The van der Waals surface area contributed by atoms with E-state index in [1.165, 1.54) is 0 Å². The van der Waals surface area contributed by atoms with Crippen molar-refractivity contribution in [1.29, 1.82) is 5.26 Å². The molecule has 0 heterocycles. The lowest BCUT2D eigenvalue weighted by Gasteiger charge is -2.26. The molecule has 1 aromatic carbocycles. The summed E-state index contributed by atoms with van der Waals surface area (Å²) in [5.41, 5.74) is 0.540. The second-order valence-corrected chi connectivity index (χ2v) is 4.02. The lowest BCUT2D eigenvalue weighted by atomic mass is 9.75. The average Bonchev–Trinajstić information content (AvgIpc) is 2.36. The highest BCUT2D eigenvalue weighted by molar-refractivity contribution is 5.50. The number of hydrogen-bond donors (Lipinski definition) is 0. The molecular weight excluding hydrogens is 198 g/mol. The van der Waals surface area contributed by atoms with Crippen molar-refractivity contribution < 1.29 is 4.79 Å². The number of benzene rings is 1. The Labute approximate surface area is 96.9 Å². The van der Waals surface area contributed by atoms with E-state index in [2.05, 4.69) is 13.0 Å². The fourth-order valence-corrected chi connectivity index (χ4v) is 2.08. The number of aldehydes is 1. The Balaban J connectivity index is 3.02. The van der Waals surface area contributed by atoms with Crippen molar-refractivity contribution in [3.05, 3.63) is 35.9 Å². The predicted octanol–water partition coefficient (Wildman–Crippen LogP) is 3.23. The van der Waals surface area contributed by atoms with E-state index in [1.54, 1.807) is 0 Å². The molecular formula is C14H17NO. The monoisotopic (exact) mass is 215 g/mol. The van der Waals surface area contributed by atoms with Crippen molar-refractivity contribution in [3.63, 3.8) is 0 Å². The number of carbonyl (C=O) groups is 1. The van der Waals surface area contributed by atoms with Crippen LogP contribution in [0, 0.1) is 11.3 Å². The highest BCUT2D eigenvalue weighted by Crippen LogP contribution is 2.33. The van der Waals surface area contributed by atoms with E-state index in [-0.39, 0.29) is 0 Å². The van der Waals surface area contributed by atoms with Gasteiger partial charge in [0.05, 0.1) is 11.5 Å². The van der Waals surface area contributed by atoms with E-state index < -0.39 is 5.41 Å². The molecule has 84 valence electrons. The van der Waals surface area contributed by atoms with Crippen molar-refractivity contribution in [2.45, 2.75) is 38.0 Å². The summed E-state index contributed by atoms with van der Waals surface area (Å²) in [6, 6.07) is 12.2. The molecule has 16 heavy (non-hydrogen) atoms. The summed E-state index contributed by atoms with van der Waals surface area (Å²) in [5.74, 6) is 0. The topological polar surface area (TPSA) is 40.9 Å². The first-order valence-corrected chi connectivity index (χ1v) is 5.69. The predicted molar refractivity (Wildman–Crippen MR) is 63.9 cm³/mol. The van der Waals surface area contributed by atoms with Crippen LogP contribution in [0.25, 0.3) is 0 Å². The molecule has 0 bridgehead atoms. The highest BCUT2D eigenvalue weighted by Gasteiger charge is 2.30. The molecule has 1 rings (SSSR count). The Morgan fingerprint density at radius 1 is 1.31 bits per heavy atom. The van der Waals surface area contributed by atoms with Crippen LogP contribution in [0.1, 0.15) is 38.2 Å². The zero-order valence-corrected chi connectivity index (χ0v) is 9.65. The number of hydrogen-bond acceptors (Lipinski definition) is 2. The minimum Gasteiger partial charge on any atom is -0.303 e. The Morgan fingerprint density at radius 2 is 2.00 bits per heavy atom. The van der Waals surface area contributed by atoms with Gasteiger partial charge in [-0.25, -0.2) is 0 Å². The van der Waals surface area contributed by atoms with Gasteiger partial charge in [-0.15, -0.1) is 0 Å². The molecule has 1 atom stereocenters. The summed E-state index contributed by atoms with van der Waals surface area (Å²) < 4.78 is 0. The first kappa shape index (κ1) is 12.4. The van der Waals surface area contributed by atoms with E-state index >= 15 is 0 Å². The molecule has 0 aromatic heterocycles. The van der Waals surface area contributed by atoms with Crippen LogP contribution < -0.4 is 0 Å². The van der Waals surface area contributed by atoms with Gasteiger partial charge in [-0.1, -0.05) is 43.7 Å². The van der Waals surface area contributed by atoms with Gasteiger partial charge in [0, 0.05) is 6.42 Å². The van der Waals surface area contributed by atoms with E-state index in [9.17, 15) is 10.1 Å². The van der Waals surface area contributed by atoms with Gasteiger partial charge in [-0.3, -0.25) is 0 Å². The van der Waals surface area contributed by atoms with Crippen LogP contribution in [0.4, 0.5) is 0 Å². The number of rotatable bonds is 6. The number of carbonyl (C=O) groups excluding carboxylic acids is 1. The van der Waals surface area contributed by atoms with Gasteiger partial charge in [0.25, 0.3) is 0 Å². The summed E-state index contributed by atoms with van der Waals surface area (Å²) in [5, 5.41) is 9.42. The maximum absolute atomic E-state index is 10.5. The van der Waals surface area contributed by atoms with Crippen LogP contribution in [-0.4, -0.2) is 6.29 Å². The highest BCUT2D eigenvalue weighted by atomic mass is 16.1. The Morgan fingerprint density at radius 3 is 2.50 bits per heavy atom.